The average molecular weight is 343 g/mol. The molecule has 0 spiro atoms. The number of aromatic hydroxyl groups is 1. The lowest BCUT2D eigenvalue weighted by atomic mass is 10.1. The first-order valence-electron chi connectivity index (χ1n) is 6.94. The number of hydrogen-bond acceptors (Lipinski definition) is 7. The van der Waals surface area contributed by atoms with Gasteiger partial charge in [-0.25, -0.2) is 0 Å². The van der Waals surface area contributed by atoms with Gasteiger partial charge in [0.05, 0.1) is 24.8 Å². The van der Waals surface area contributed by atoms with Crippen LogP contribution >= 0.6 is 0 Å². The summed E-state index contributed by atoms with van der Waals surface area (Å²) in [6, 6.07) is 7.35. The van der Waals surface area contributed by atoms with Crippen LogP contribution in [0.25, 0.3) is 6.08 Å². The van der Waals surface area contributed by atoms with Crippen LogP contribution in [0.4, 0.5) is 5.69 Å². The molecule has 2 rings (SSSR count). The second kappa shape index (κ2) is 7.65. The third-order valence-corrected chi connectivity index (χ3v) is 3.17. The van der Waals surface area contributed by atoms with Crippen molar-refractivity contribution in [2.45, 2.75) is 6.54 Å². The number of ether oxygens (including phenoxy) is 1. The summed E-state index contributed by atoms with van der Waals surface area (Å²) in [6.45, 7) is 0.0872. The van der Waals surface area contributed by atoms with Crippen LogP contribution in [0.1, 0.15) is 11.3 Å². The van der Waals surface area contributed by atoms with Crippen LogP contribution in [-0.2, 0) is 11.3 Å². The van der Waals surface area contributed by atoms with E-state index in [1.807, 2.05) is 0 Å². The number of phenolic OH excluding ortho intramolecular Hbond substituents is 1. The van der Waals surface area contributed by atoms with Gasteiger partial charge < -0.3 is 19.6 Å². The number of furan rings is 1. The molecule has 0 atom stereocenters. The summed E-state index contributed by atoms with van der Waals surface area (Å²) < 4.78 is 9.93. The number of methoxy groups -OCH3 is 1. The van der Waals surface area contributed by atoms with E-state index in [0.717, 1.165) is 12.1 Å². The molecule has 0 aliphatic carbocycles. The lowest BCUT2D eigenvalue weighted by molar-refractivity contribution is -0.386. The van der Waals surface area contributed by atoms with E-state index in [2.05, 4.69) is 5.32 Å². The highest BCUT2D eigenvalue weighted by Gasteiger charge is 2.20. The van der Waals surface area contributed by atoms with Crippen molar-refractivity contribution in [1.29, 1.82) is 5.26 Å². The predicted molar refractivity (Wildman–Crippen MR) is 85.5 cm³/mol. The van der Waals surface area contributed by atoms with Gasteiger partial charge in [-0.05, 0) is 29.8 Å². The van der Waals surface area contributed by atoms with Gasteiger partial charge in [0, 0.05) is 6.07 Å². The number of benzene rings is 1. The molecule has 1 aromatic heterocycles. The quantitative estimate of drug-likeness (QED) is 0.354. The Bertz CT molecular complexity index is 865. The molecule has 0 unspecified atom stereocenters. The van der Waals surface area contributed by atoms with Crippen molar-refractivity contribution in [2.24, 2.45) is 0 Å². The topological polar surface area (TPSA) is 139 Å². The van der Waals surface area contributed by atoms with Crippen LogP contribution < -0.4 is 10.1 Å². The van der Waals surface area contributed by atoms with Crippen LogP contribution in [0.5, 0.6) is 11.5 Å². The molecule has 1 aromatic carbocycles. The van der Waals surface area contributed by atoms with E-state index in [1.165, 1.54) is 19.4 Å². The van der Waals surface area contributed by atoms with E-state index in [9.17, 15) is 20.0 Å². The molecule has 2 N–H and O–H groups in total. The monoisotopic (exact) mass is 343 g/mol. The van der Waals surface area contributed by atoms with Gasteiger partial charge in [0.1, 0.15) is 17.4 Å². The Balaban J connectivity index is 2.29. The first kappa shape index (κ1) is 17.6. The molecule has 0 aliphatic heterocycles. The predicted octanol–water partition coefficient (Wildman–Crippen LogP) is 2.13. The van der Waals surface area contributed by atoms with Crippen LogP contribution in [0.15, 0.2) is 40.5 Å². The normalized spacial score (nSPS) is 10.8. The van der Waals surface area contributed by atoms with Crippen molar-refractivity contribution in [3.63, 3.8) is 0 Å². The maximum absolute atomic E-state index is 12.1. The molecule has 0 saturated heterocycles. The van der Waals surface area contributed by atoms with Crippen LogP contribution in [0.3, 0.4) is 0 Å². The number of nitrogens with zero attached hydrogens (tertiary/aromatic N) is 2. The second-order valence-electron chi connectivity index (χ2n) is 4.78. The molecule has 25 heavy (non-hydrogen) atoms. The standard InChI is InChI=1S/C16H13N3O6/c1-24-14-7-10(6-13(15(14)20)19(22)23)5-11(8-17)16(21)18-9-12-3-2-4-25-12/h2-7,20H,9H2,1H3,(H,18,21)/b11-5+. The van der Waals surface area contributed by atoms with Gasteiger partial charge in [0.15, 0.2) is 5.75 Å². The third-order valence-electron chi connectivity index (χ3n) is 3.17. The Morgan fingerprint density at radius 1 is 1.56 bits per heavy atom. The molecule has 0 aliphatic rings. The van der Waals surface area contributed by atoms with Gasteiger partial charge in [-0.1, -0.05) is 0 Å². The molecule has 0 fully saturated rings. The first-order valence-corrected chi connectivity index (χ1v) is 6.94. The fourth-order valence-electron chi connectivity index (χ4n) is 1.98. The lowest BCUT2D eigenvalue weighted by Gasteiger charge is -2.06. The summed E-state index contributed by atoms with van der Waals surface area (Å²) in [7, 11) is 1.23. The van der Waals surface area contributed by atoms with Gasteiger partial charge in [-0.2, -0.15) is 5.26 Å². The fraction of sp³-hybridized carbons (Fsp3) is 0.125. The molecule has 0 saturated carbocycles. The van der Waals surface area contributed by atoms with Gasteiger partial charge >= 0.3 is 5.69 Å². The number of nitro benzene ring substituents is 1. The zero-order valence-corrected chi connectivity index (χ0v) is 13.1. The highest BCUT2D eigenvalue weighted by atomic mass is 16.6. The summed E-state index contributed by atoms with van der Waals surface area (Å²) in [5.41, 5.74) is -0.710. The summed E-state index contributed by atoms with van der Waals surface area (Å²) in [5.74, 6) is -0.944. The van der Waals surface area contributed by atoms with Crippen molar-refractivity contribution in [3.8, 4) is 17.6 Å². The van der Waals surface area contributed by atoms with Crippen LogP contribution in [0, 0.1) is 21.4 Å². The lowest BCUT2D eigenvalue weighted by Crippen LogP contribution is -2.23. The van der Waals surface area contributed by atoms with Crippen molar-refractivity contribution < 1.29 is 24.0 Å². The number of hydrogen-bond donors (Lipinski definition) is 2. The van der Waals surface area contributed by atoms with E-state index in [0.29, 0.717) is 5.76 Å². The largest absolute Gasteiger partial charge is 0.500 e. The average Bonchev–Trinajstić information content (AvgIpc) is 3.11. The Hall–Kier alpha value is -3.80. The summed E-state index contributed by atoms with van der Waals surface area (Å²) in [6.07, 6.45) is 2.61. The van der Waals surface area contributed by atoms with Gasteiger partial charge in [-0.3, -0.25) is 14.9 Å². The maximum Gasteiger partial charge on any atom is 0.315 e. The highest BCUT2D eigenvalue weighted by Crippen LogP contribution is 2.37. The molecular weight excluding hydrogens is 330 g/mol. The van der Waals surface area contributed by atoms with E-state index >= 15 is 0 Å². The molecule has 0 radical (unpaired) electrons. The zero-order chi connectivity index (χ0) is 18.4. The number of nitro groups is 1. The highest BCUT2D eigenvalue weighted by molar-refractivity contribution is 6.01. The van der Waals surface area contributed by atoms with Gasteiger partial charge in [0.25, 0.3) is 5.91 Å². The summed E-state index contributed by atoms with van der Waals surface area (Å²) >= 11 is 0. The minimum absolute atomic E-state index is 0.0872. The van der Waals surface area contributed by atoms with Crippen molar-refractivity contribution in [2.75, 3.05) is 7.11 Å². The van der Waals surface area contributed by atoms with E-state index in [4.69, 9.17) is 14.4 Å². The van der Waals surface area contributed by atoms with Crippen molar-refractivity contribution in [3.05, 3.63) is 57.5 Å². The van der Waals surface area contributed by atoms with Gasteiger partial charge in [-0.15, -0.1) is 0 Å². The number of nitrogens with one attached hydrogen (secondary N) is 1. The van der Waals surface area contributed by atoms with E-state index in [-0.39, 0.29) is 23.4 Å². The Morgan fingerprint density at radius 2 is 2.32 bits per heavy atom. The molecule has 9 heteroatoms. The smallest absolute Gasteiger partial charge is 0.315 e. The molecule has 1 heterocycles. The number of carbonyl (C=O) groups excluding carboxylic acids is 1. The molecule has 2 aromatic rings. The number of amides is 1. The Labute approximate surface area is 141 Å². The minimum Gasteiger partial charge on any atom is -0.500 e. The number of rotatable bonds is 6. The Kier molecular flexibility index (Phi) is 5.37. The molecular formula is C16H13N3O6. The Morgan fingerprint density at radius 3 is 2.88 bits per heavy atom. The molecule has 0 bridgehead atoms. The summed E-state index contributed by atoms with van der Waals surface area (Å²) in [5, 5.41) is 32.4. The van der Waals surface area contributed by atoms with Gasteiger partial charge in [0.2, 0.25) is 5.75 Å². The molecule has 1 amide bonds. The molecule has 128 valence electrons. The maximum atomic E-state index is 12.1. The second-order valence-corrected chi connectivity index (χ2v) is 4.78. The number of phenols is 1. The molecule has 9 nitrogen and oxygen atoms in total. The van der Waals surface area contributed by atoms with Crippen LogP contribution in [-0.4, -0.2) is 23.0 Å². The minimum atomic E-state index is -0.793. The SMILES string of the molecule is COc1cc(/C=C(\C#N)C(=O)NCc2ccco2)cc([N+](=O)[O-])c1O. The number of carbonyl (C=O) groups is 1. The van der Waals surface area contributed by atoms with Crippen molar-refractivity contribution in [1.82, 2.24) is 5.32 Å². The summed E-state index contributed by atoms with van der Waals surface area (Å²) in [4.78, 5) is 22.2. The zero-order valence-electron chi connectivity index (χ0n) is 13.1. The fourth-order valence-corrected chi connectivity index (χ4v) is 1.98. The van der Waals surface area contributed by atoms with Crippen molar-refractivity contribution >= 4 is 17.7 Å². The third kappa shape index (κ3) is 4.14. The van der Waals surface area contributed by atoms with Crippen LogP contribution in [0.2, 0.25) is 0 Å². The number of nitriles is 1. The van der Waals surface area contributed by atoms with E-state index < -0.39 is 22.3 Å². The van der Waals surface area contributed by atoms with E-state index in [1.54, 1.807) is 18.2 Å². The first-order chi connectivity index (χ1) is 12.0.